The van der Waals surface area contributed by atoms with Crippen LogP contribution in [0.5, 0.6) is 0 Å². The largest absolute Gasteiger partial charge is 0.326 e. The van der Waals surface area contributed by atoms with E-state index in [1.807, 2.05) is 13.0 Å². The molecule has 3 N–H and O–H groups in total. The van der Waals surface area contributed by atoms with E-state index < -0.39 is 10.0 Å². The normalized spacial score (nSPS) is 11.4. The number of H-pyrrole nitrogens is 1. The van der Waals surface area contributed by atoms with Crippen molar-refractivity contribution < 1.29 is 13.2 Å². The Morgan fingerprint density at radius 2 is 1.75 bits per heavy atom. The van der Waals surface area contributed by atoms with Crippen molar-refractivity contribution in [2.24, 2.45) is 0 Å². The van der Waals surface area contributed by atoms with Crippen LogP contribution in [-0.4, -0.2) is 24.5 Å². The number of sulfonamides is 1. The molecular weight excluding hydrogens is 328 g/mol. The molecule has 0 unspecified atom stereocenters. The van der Waals surface area contributed by atoms with E-state index in [2.05, 4.69) is 20.2 Å². The van der Waals surface area contributed by atoms with Crippen molar-refractivity contribution in [2.75, 3.05) is 10.0 Å². The quantitative estimate of drug-likeness (QED) is 0.677. The summed E-state index contributed by atoms with van der Waals surface area (Å²) in [6.07, 6.45) is 0. The van der Waals surface area contributed by atoms with Crippen LogP contribution in [0.25, 0.3) is 10.9 Å². The molecule has 124 valence electrons. The van der Waals surface area contributed by atoms with Crippen LogP contribution in [-0.2, 0) is 14.8 Å². The van der Waals surface area contributed by atoms with Crippen molar-refractivity contribution in [3.63, 3.8) is 0 Å². The maximum absolute atomic E-state index is 12.4. The molecule has 8 heteroatoms. The Bertz CT molecular complexity index is 1010. The van der Waals surface area contributed by atoms with Gasteiger partial charge in [-0.1, -0.05) is 0 Å². The van der Waals surface area contributed by atoms with Gasteiger partial charge in [0.25, 0.3) is 10.0 Å². The fourth-order valence-electron chi connectivity index (χ4n) is 2.34. The van der Waals surface area contributed by atoms with Gasteiger partial charge < -0.3 is 5.32 Å². The smallest absolute Gasteiger partial charge is 0.261 e. The van der Waals surface area contributed by atoms with Crippen LogP contribution in [0, 0.1) is 6.92 Å². The van der Waals surface area contributed by atoms with Gasteiger partial charge >= 0.3 is 0 Å². The molecule has 0 saturated carbocycles. The van der Waals surface area contributed by atoms with Gasteiger partial charge in [-0.3, -0.25) is 14.6 Å². The summed E-state index contributed by atoms with van der Waals surface area (Å²) >= 11 is 0. The van der Waals surface area contributed by atoms with Crippen LogP contribution in [0.2, 0.25) is 0 Å². The van der Waals surface area contributed by atoms with Gasteiger partial charge in [0.15, 0.2) is 0 Å². The zero-order chi connectivity index (χ0) is 17.3. The molecule has 0 radical (unpaired) electrons. The molecule has 0 saturated heterocycles. The number of nitrogens with zero attached hydrogens (tertiary/aromatic N) is 1. The summed E-state index contributed by atoms with van der Waals surface area (Å²) < 4.78 is 27.4. The van der Waals surface area contributed by atoms with Crippen LogP contribution in [0.4, 0.5) is 11.4 Å². The monoisotopic (exact) mass is 344 g/mol. The minimum Gasteiger partial charge on any atom is -0.326 e. The van der Waals surface area contributed by atoms with Crippen LogP contribution in [0.15, 0.2) is 47.4 Å². The second kappa shape index (κ2) is 5.97. The molecule has 24 heavy (non-hydrogen) atoms. The van der Waals surface area contributed by atoms with Gasteiger partial charge in [0, 0.05) is 23.7 Å². The summed E-state index contributed by atoms with van der Waals surface area (Å²) in [6, 6.07) is 11.1. The van der Waals surface area contributed by atoms with E-state index in [0.29, 0.717) is 16.9 Å². The lowest BCUT2D eigenvalue weighted by Gasteiger charge is -2.09. The Labute approximate surface area is 139 Å². The molecule has 3 rings (SSSR count). The standard InChI is InChI=1S/C16H16N4O3S/c1-10-15-8-5-13(9-16(15)19-18-10)20-24(22,23)14-6-3-12(4-7-14)17-11(2)21/h3-9,20H,1-2H3,(H,17,21)(H,18,19). The highest BCUT2D eigenvalue weighted by molar-refractivity contribution is 7.92. The van der Waals surface area contributed by atoms with E-state index in [9.17, 15) is 13.2 Å². The van der Waals surface area contributed by atoms with Crippen molar-refractivity contribution >= 4 is 38.2 Å². The lowest BCUT2D eigenvalue weighted by Crippen LogP contribution is -2.13. The minimum absolute atomic E-state index is 0.106. The first-order valence-corrected chi connectivity index (χ1v) is 8.69. The van der Waals surface area contributed by atoms with E-state index in [-0.39, 0.29) is 10.8 Å². The minimum atomic E-state index is -3.72. The van der Waals surface area contributed by atoms with Gasteiger partial charge in [-0.15, -0.1) is 0 Å². The molecule has 7 nitrogen and oxygen atoms in total. The molecule has 1 aromatic heterocycles. The molecule has 0 spiro atoms. The predicted molar refractivity (Wildman–Crippen MR) is 92.4 cm³/mol. The van der Waals surface area contributed by atoms with Gasteiger partial charge in [-0.25, -0.2) is 8.42 Å². The molecule has 0 bridgehead atoms. The third-order valence-electron chi connectivity index (χ3n) is 3.48. The molecule has 1 heterocycles. The number of anilines is 2. The average molecular weight is 344 g/mol. The molecular formula is C16H16N4O3S. The Hall–Kier alpha value is -2.87. The maximum atomic E-state index is 12.4. The van der Waals surface area contributed by atoms with E-state index in [1.165, 1.54) is 31.2 Å². The number of benzene rings is 2. The zero-order valence-electron chi connectivity index (χ0n) is 13.1. The van der Waals surface area contributed by atoms with Crippen LogP contribution >= 0.6 is 0 Å². The number of aromatic nitrogens is 2. The predicted octanol–water partition coefficient (Wildman–Crippen LogP) is 2.63. The van der Waals surface area contributed by atoms with Crippen molar-refractivity contribution in [1.29, 1.82) is 0 Å². The van der Waals surface area contributed by atoms with Crippen molar-refractivity contribution in [3.05, 3.63) is 48.2 Å². The first kappa shape index (κ1) is 16.0. The van der Waals surface area contributed by atoms with Crippen molar-refractivity contribution in [2.45, 2.75) is 18.7 Å². The van der Waals surface area contributed by atoms with Crippen LogP contribution in [0.3, 0.4) is 0 Å². The fourth-order valence-corrected chi connectivity index (χ4v) is 3.39. The zero-order valence-corrected chi connectivity index (χ0v) is 13.9. The number of amides is 1. The van der Waals surface area contributed by atoms with Gasteiger partial charge in [0.05, 0.1) is 16.1 Å². The van der Waals surface area contributed by atoms with Gasteiger partial charge in [0.2, 0.25) is 5.91 Å². The molecule has 0 atom stereocenters. The summed E-state index contributed by atoms with van der Waals surface area (Å²) in [7, 11) is -3.72. The lowest BCUT2D eigenvalue weighted by molar-refractivity contribution is -0.114. The molecule has 0 aliphatic carbocycles. The number of aryl methyl sites for hydroxylation is 1. The van der Waals surface area contributed by atoms with E-state index >= 15 is 0 Å². The van der Waals surface area contributed by atoms with Gasteiger partial charge in [0.1, 0.15) is 0 Å². The number of hydrogen-bond acceptors (Lipinski definition) is 4. The number of hydrogen-bond donors (Lipinski definition) is 3. The second-order valence-electron chi connectivity index (χ2n) is 5.39. The number of carbonyl (C=O) groups is 1. The average Bonchev–Trinajstić information content (AvgIpc) is 2.87. The third kappa shape index (κ3) is 3.23. The highest BCUT2D eigenvalue weighted by Crippen LogP contribution is 2.22. The highest BCUT2D eigenvalue weighted by atomic mass is 32.2. The molecule has 1 amide bonds. The Balaban J connectivity index is 1.85. The second-order valence-corrected chi connectivity index (χ2v) is 7.07. The summed E-state index contributed by atoms with van der Waals surface area (Å²) in [6.45, 7) is 3.29. The summed E-state index contributed by atoms with van der Waals surface area (Å²) in [4.78, 5) is 11.1. The molecule has 0 aliphatic heterocycles. The summed E-state index contributed by atoms with van der Waals surface area (Å²) in [5.74, 6) is -0.216. The Kier molecular flexibility index (Phi) is 3.98. The number of carbonyl (C=O) groups excluding carboxylic acids is 1. The number of aromatic amines is 1. The highest BCUT2D eigenvalue weighted by Gasteiger charge is 2.15. The van der Waals surface area contributed by atoms with Crippen molar-refractivity contribution in [3.8, 4) is 0 Å². The first-order chi connectivity index (χ1) is 11.3. The number of rotatable bonds is 4. The van der Waals surface area contributed by atoms with Crippen LogP contribution in [0.1, 0.15) is 12.6 Å². The van der Waals surface area contributed by atoms with E-state index in [4.69, 9.17) is 0 Å². The van der Waals surface area contributed by atoms with Crippen LogP contribution < -0.4 is 10.0 Å². The van der Waals surface area contributed by atoms with Crippen molar-refractivity contribution in [1.82, 2.24) is 10.2 Å². The van der Waals surface area contributed by atoms with Gasteiger partial charge in [-0.2, -0.15) is 5.10 Å². The fraction of sp³-hybridized carbons (Fsp3) is 0.125. The first-order valence-electron chi connectivity index (χ1n) is 7.20. The lowest BCUT2D eigenvalue weighted by atomic mass is 10.2. The Morgan fingerprint density at radius 1 is 1.08 bits per heavy atom. The number of fused-ring (bicyclic) bond motifs is 1. The molecule has 2 aromatic carbocycles. The number of nitrogens with one attached hydrogen (secondary N) is 3. The molecule has 0 fully saturated rings. The maximum Gasteiger partial charge on any atom is 0.261 e. The third-order valence-corrected chi connectivity index (χ3v) is 4.88. The van der Waals surface area contributed by atoms with E-state index in [1.54, 1.807) is 12.1 Å². The molecule has 0 aliphatic rings. The topological polar surface area (TPSA) is 104 Å². The Morgan fingerprint density at radius 3 is 2.42 bits per heavy atom. The van der Waals surface area contributed by atoms with E-state index in [0.717, 1.165) is 11.1 Å². The summed E-state index contributed by atoms with van der Waals surface area (Å²) in [5.41, 5.74) is 2.58. The van der Waals surface area contributed by atoms with Gasteiger partial charge in [-0.05, 0) is 49.4 Å². The SMILES string of the molecule is CC(=O)Nc1ccc(S(=O)(=O)Nc2ccc3c(C)[nH]nc3c2)cc1. The summed E-state index contributed by atoms with van der Waals surface area (Å²) in [5, 5.41) is 10.5. The molecule has 3 aromatic rings.